The Hall–Kier alpha value is -1.49. The fourth-order valence-corrected chi connectivity index (χ4v) is 2.23. The standard InChI is InChI=1S/C14H23N3O2/c1-5-15-12(6-10(2)3)8-13-14(17(18)19)7-11(4)9-16-13/h7,9-10,12,15H,5-6,8H2,1-4H3. The minimum atomic E-state index is -0.340. The van der Waals surface area contributed by atoms with Crippen LogP contribution in [0.2, 0.25) is 0 Å². The molecular formula is C14H23N3O2. The van der Waals surface area contributed by atoms with E-state index in [2.05, 4.69) is 24.1 Å². The van der Waals surface area contributed by atoms with Crippen molar-refractivity contribution in [2.45, 2.75) is 46.6 Å². The summed E-state index contributed by atoms with van der Waals surface area (Å²) >= 11 is 0. The molecule has 0 saturated heterocycles. The highest BCUT2D eigenvalue weighted by molar-refractivity contribution is 5.38. The van der Waals surface area contributed by atoms with Crippen LogP contribution in [0.4, 0.5) is 5.69 Å². The molecule has 19 heavy (non-hydrogen) atoms. The summed E-state index contributed by atoms with van der Waals surface area (Å²) in [4.78, 5) is 15.0. The number of rotatable bonds is 7. The summed E-state index contributed by atoms with van der Waals surface area (Å²) in [5, 5.41) is 14.5. The van der Waals surface area contributed by atoms with Gasteiger partial charge in [0.05, 0.1) is 4.92 Å². The molecule has 0 spiro atoms. The van der Waals surface area contributed by atoms with Crippen molar-refractivity contribution in [1.29, 1.82) is 0 Å². The lowest BCUT2D eigenvalue weighted by Gasteiger charge is -2.19. The van der Waals surface area contributed by atoms with Gasteiger partial charge in [0.1, 0.15) is 5.69 Å². The maximum Gasteiger partial charge on any atom is 0.291 e. The van der Waals surface area contributed by atoms with Gasteiger partial charge in [-0.15, -0.1) is 0 Å². The lowest BCUT2D eigenvalue weighted by atomic mass is 9.98. The molecule has 1 aromatic rings. The van der Waals surface area contributed by atoms with Gasteiger partial charge in [0.25, 0.3) is 5.69 Å². The van der Waals surface area contributed by atoms with Crippen LogP contribution >= 0.6 is 0 Å². The molecule has 1 heterocycles. The number of hydrogen-bond acceptors (Lipinski definition) is 4. The Morgan fingerprint density at radius 1 is 1.47 bits per heavy atom. The van der Waals surface area contributed by atoms with Crippen molar-refractivity contribution in [2.24, 2.45) is 5.92 Å². The zero-order valence-corrected chi connectivity index (χ0v) is 12.1. The second kappa shape index (κ2) is 7.19. The molecule has 5 nitrogen and oxygen atoms in total. The van der Waals surface area contributed by atoms with Crippen molar-refractivity contribution in [3.63, 3.8) is 0 Å². The zero-order chi connectivity index (χ0) is 14.4. The SMILES string of the molecule is CCNC(Cc1ncc(C)cc1[N+](=O)[O-])CC(C)C. The van der Waals surface area contributed by atoms with Gasteiger partial charge < -0.3 is 5.32 Å². The summed E-state index contributed by atoms with van der Waals surface area (Å²) in [5.41, 5.74) is 1.52. The van der Waals surface area contributed by atoms with Crippen LogP contribution in [0.15, 0.2) is 12.3 Å². The number of pyridine rings is 1. The molecule has 0 aliphatic heterocycles. The normalized spacial score (nSPS) is 12.7. The Morgan fingerprint density at radius 3 is 2.68 bits per heavy atom. The lowest BCUT2D eigenvalue weighted by Crippen LogP contribution is -2.32. The van der Waals surface area contributed by atoms with E-state index in [9.17, 15) is 10.1 Å². The van der Waals surface area contributed by atoms with Crippen LogP contribution < -0.4 is 5.32 Å². The first-order valence-electron chi connectivity index (χ1n) is 6.77. The molecule has 1 atom stereocenters. The van der Waals surface area contributed by atoms with E-state index in [0.717, 1.165) is 18.5 Å². The highest BCUT2D eigenvalue weighted by Gasteiger charge is 2.20. The molecule has 0 fully saturated rings. The maximum absolute atomic E-state index is 11.1. The van der Waals surface area contributed by atoms with Gasteiger partial charge >= 0.3 is 0 Å². The summed E-state index contributed by atoms with van der Waals surface area (Å²) in [6, 6.07) is 1.83. The van der Waals surface area contributed by atoms with Crippen molar-refractivity contribution >= 4 is 5.69 Å². The Kier molecular flexibility index (Phi) is 5.89. The molecule has 1 aromatic heterocycles. The topological polar surface area (TPSA) is 68.1 Å². The van der Waals surface area contributed by atoms with Crippen molar-refractivity contribution in [2.75, 3.05) is 6.54 Å². The fraction of sp³-hybridized carbons (Fsp3) is 0.643. The van der Waals surface area contributed by atoms with Gasteiger partial charge in [-0.25, -0.2) is 0 Å². The van der Waals surface area contributed by atoms with Crippen LogP contribution in [0.3, 0.4) is 0 Å². The second-order valence-electron chi connectivity index (χ2n) is 5.32. The van der Waals surface area contributed by atoms with Crippen molar-refractivity contribution in [1.82, 2.24) is 10.3 Å². The van der Waals surface area contributed by atoms with Crippen LogP contribution in [0.1, 0.15) is 38.4 Å². The Balaban J connectivity index is 2.91. The predicted molar refractivity (Wildman–Crippen MR) is 76.3 cm³/mol. The van der Waals surface area contributed by atoms with E-state index in [4.69, 9.17) is 0 Å². The molecule has 0 aromatic carbocycles. The number of aryl methyl sites for hydroxylation is 1. The molecule has 1 rings (SSSR count). The molecule has 0 radical (unpaired) electrons. The highest BCUT2D eigenvalue weighted by atomic mass is 16.6. The molecule has 0 saturated carbocycles. The first-order valence-corrected chi connectivity index (χ1v) is 6.77. The second-order valence-corrected chi connectivity index (χ2v) is 5.32. The van der Waals surface area contributed by atoms with Crippen LogP contribution in [0.5, 0.6) is 0 Å². The average molecular weight is 265 g/mol. The Morgan fingerprint density at radius 2 is 2.16 bits per heavy atom. The third-order valence-electron chi connectivity index (χ3n) is 2.97. The largest absolute Gasteiger partial charge is 0.314 e. The van der Waals surface area contributed by atoms with E-state index in [1.165, 1.54) is 0 Å². The fourth-order valence-electron chi connectivity index (χ4n) is 2.23. The molecule has 106 valence electrons. The predicted octanol–water partition coefficient (Wildman–Crippen LogP) is 2.86. The molecule has 0 aliphatic carbocycles. The smallest absolute Gasteiger partial charge is 0.291 e. The summed E-state index contributed by atoms with van der Waals surface area (Å²) in [7, 11) is 0. The highest BCUT2D eigenvalue weighted by Crippen LogP contribution is 2.20. The molecular weight excluding hydrogens is 242 g/mol. The minimum Gasteiger partial charge on any atom is -0.314 e. The maximum atomic E-state index is 11.1. The first-order chi connectivity index (χ1) is 8.93. The average Bonchev–Trinajstić information content (AvgIpc) is 2.30. The van der Waals surface area contributed by atoms with Crippen LogP contribution in [-0.4, -0.2) is 22.5 Å². The summed E-state index contributed by atoms with van der Waals surface area (Å²) in [6.45, 7) is 9.03. The van der Waals surface area contributed by atoms with Gasteiger partial charge in [-0.3, -0.25) is 15.1 Å². The van der Waals surface area contributed by atoms with Gasteiger partial charge in [-0.05, 0) is 31.4 Å². The molecule has 1 unspecified atom stereocenters. The van der Waals surface area contributed by atoms with E-state index in [1.807, 2.05) is 13.8 Å². The molecule has 1 N–H and O–H groups in total. The van der Waals surface area contributed by atoms with Crippen molar-refractivity contribution < 1.29 is 4.92 Å². The Labute approximate surface area is 114 Å². The van der Waals surface area contributed by atoms with Gasteiger partial charge in [0.2, 0.25) is 0 Å². The van der Waals surface area contributed by atoms with Gasteiger partial charge in [0, 0.05) is 24.7 Å². The van der Waals surface area contributed by atoms with Crippen LogP contribution in [0.25, 0.3) is 0 Å². The number of nitro groups is 1. The van der Waals surface area contributed by atoms with E-state index < -0.39 is 0 Å². The van der Waals surface area contributed by atoms with E-state index in [1.54, 1.807) is 12.3 Å². The summed E-state index contributed by atoms with van der Waals surface area (Å²) in [6.07, 6.45) is 3.28. The Bertz CT molecular complexity index is 433. The third kappa shape index (κ3) is 4.95. The number of nitrogens with zero attached hydrogens (tertiary/aromatic N) is 2. The molecule has 0 amide bonds. The lowest BCUT2D eigenvalue weighted by molar-refractivity contribution is -0.386. The number of aromatic nitrogens is 1. The van der Waals surface area contributed by atoms with E-state index in [0.29, 0.717) is 18.0 Å². The number of hydrogen-bond donors (Lipinski definition) is 1. The quantitative estimate of drug-likeness (QED) is 0.608. The van der Waals surface area contributed by atoms with Gasteiger partial charge in [-0.2, -0.15) is 0 Å². The van der Waals surface area contributed by atoms with Crippen LogP contribution in [0, 0.1) is 23.0 Å². The first kappa shape index (κ1) is 15.6. The number of likely N-dealkylation sites (N-methyl/N-ethyl adjacent to an activating group) is 1. The van der Waals surface area contributed by atoms with Gasteiger partial charge in [0.15, 0.2) is 0 Å². The third-order valence-corrected chi connectivity index (χ3v) is 2.97. The van der Waals surface area contributed by atoms with E-state index in [-0.39, 0.29) is 16.7 Å². The van der Waals surface area contributed by atoms with Gasteiger partial charge in [-0.1, -0.05) is 20.8 Å². The van der Waals surface area contributed by atoms with Crippen LogP contribution in [-0.2, 0) is 6.42 Å². The zero-order valence-electron chi connectivity index (χ0n) is 12.1. The van der Waals surface area contributed by atoms with Crippen molar-refractivity contribution in [3.05, 3.63) is 33.6 Å². The summed E-state index contributed by atoms with van der Waals surface area (Å²) < 4.78 is 0. The summed E-state index contributed by atoms with van der Waals surface area (Å²) in [5.74, 6) is 0.550. The monoisotopic (exact) mass is 265 g/mol. The molecule has 0 aliphatic rings. The van der Waals surface area contributed by atoms with Crippen molar-refractivity contribution in [3.8, 4) is 0 Å². The molecule has 5 heteroatoms. The number of nitrogens with one attached hydrogen (secondary N) is 1. The minimum absolute atomic E-state index is 0.131. The molecule has 0 bridgehead atoms. The van der Waals surface area contributed by atoms with E-state index >= 15 is 0 Å².